The van der Waals surface area contributed by atoms with E-state index < -0.39 is 0 Å². The monoisotopic (exact) mass is 313 g/mol. The zero-order valence-electron chi connectivity index (χ0n) is 10.5. The van der Waals surface area contributed by atoms with E-state index in [1.165, 1.54) is 20.0 Å². The summed E-state index contributed by atoms with van der Waals surface area (Å²) in [6, 6.07) is 3.71. The maximum absolute atomic E-state index is 11.8. The number of hydrogen-bond acceptors (Lipinski definition) is 4. The summed E-state index contributed by atoms with van der Waals surface area (Å²) in [7, 11) is 2.95. The van der Waals surface area contributed by atoms with Crippen LogP contribution in [0.5, 0.6) is 5.75 Å². The third-order valence-electron chi connectivity index (χ3n) is 3.09. The number of ether oxygens (including phenoxy) is 2. The van der Waals surface area contributed by atoms with Crippen LogP contribution in [-0.4, -0.2) is 33.3 Å². The molecule has 1 fully saturated rings. The Kier molecular flexibility index (Phi) is 4.11. The predicted molar refractivity (Wildman–Crippen MR) is 73.5 cm³/mol. The number of carbonyl (C=O) groups excluding carboxylic acids is 1. The van der Waals surface area contributed by atoms with Gasteiger partial charge in [-0.15, -0.1) is 0 Å². The van der Waals surface area contributed by atoms with Gasteiger partial charge >= 0.3 is 5.97 Å². The second kappa shape index (κ2) is 5.61. The Hall–Kier alpha value is -1.23. The quantitative estimate of drug-likeness (QED) is 0.804. The van der Waals surface area contributed by atoms with Crippen molar-refractivity contribution in [3.8, 4) is 5.75 Å². The molecule has 1 aromatic carbocycles. The number of anilines is 1. The summed E-state index contributed by atoms with van der Waals surface area (Å²) in [5.41, 5.74) is 1.40. The summed E-state index contributed by atoms with van der Waals surface area (Å²) in [6.07, 6.45) is 2.34. The molecule has 0 aliphatic carbocycles. The van der Waals surface area contributed by atoms with Gasteiger partial charge in [-0.2, -0.15) is 0 Å². The molecule has 1 saturated heterocycles. The van der Waals surface area contributed by atoms with E-state index in [-0.39, 0.29) is 5.97 Å². The largest absolute Gasteiger partial charge is 0.494 e. The number of hydrogen-bond donors (Lipinski definition) is 0. The lowest BCUT2D eigenvalue weighted by Gasteiger charge is -2.22. The minimum absolute atomic E-state index is 0.381. The fourth-order valence-corrected chi connectivity index (χ4v) is 2.69. The van der Waals surface area contributed by atoms with Crippen molar-refractivity contribution in [3.05, 3.63) is 22.2 Å². The predicted octanol–water partition coefficient (Wildman–Crippen LogP) is 2.84. The molecule has 1 heterocycles. The maximum atomic E-state index is 11.8. The van der Waals surface area contributed by atoms with Crippen LogP contribution in [0.2, 0.25) is 0 Å². The molecule has 0 N–H and O–H groups in total. The van der Waals surface area contributed by atoms with Crippen LogP contribution < -0.4 is 9.64 Å². The lowest BCUT2D eigenvalue weighted by atomic mass is 10.1. The van der Waals surface area contributed by atoms with Crippen molar-refractivity contribution < 1.29 is 14.3 Å². The molecule has 4 nitrogen and oxygen atoms in total. The van der Waals surface area contributed by atoms with E-state index >= 15 is 0 Å². The fraction of sp³-hybridized carbons (Fsp3) is 0.462. The molecule has 2 rings (SSSR count). The van der Waals surface area contributed by atoms with Crippen molar-refractivity contribution in [1.82, 2.24) is 0 Å². The molecular weight excluding hydrogens is 298 g/mol. The number of esters is 1. The van der Waals surface area contributed by atoms with Gasteiger partial charge in [-0.25, -0.2) is 4.79 Å². The molecule has 1 aliphatic rings. The van der Waals surface area contributed by atoms with Gasteiger partial charge < -0.3 is 14.4 Å². The standard InChI is InChI=1S/C13H16BrNO3/c1-17-12-10(13(16)18-2)7-9(14)8-11(12)15-5-3-4-6-15/h7-8H,3-6H2,1-2H3. The molecular formula is C13H16BrNO3. The van der Waals surface area contributed by atoms with E-state index in [4.69, 9.17) is 9.47 Å². The summed E-state index contributed by atoms with van der Waals surface area (Å²) in [5, 5.41) is 0. The van der Waals surface area contributed by atoms with Gasteiger partial charge in [0.1, 0.15) is 5.56 Å². The highest BCUT2D eigenvalue weighted by atomic mass is 79.9. The molecule has 1 aliphatic heterocycles. The van der Waals surface area contributed by atoms with E-state index in [1.807, 2.05) is 6.07 Å². The van der Waals surface area contributed by atoms with Crippen LogP contribution in [0.25, 0.3) is 0 Å². The van der Waals surface area contributed by atoms with E-state index in [1.54, 1.807) is 13.2 Å². The second-order valence-electron chi connectivity index (χ2n) is 4.19. The molecule has 5 heteroatoms. The number of nitrogens with zero attached hydrogens (tertiary/aromatic N) is 1. The van der Waals surface area contributed by atoms with Crippen LogP contribution in [0, 0.1) is 0 Å². The summed E-state index contributed by atoms with van der Waals surface area (Å²) in [4.78, 5) is 14.0. The molecule has 98 valence electrons. The van der Waals surface area contributed by atoms with Gasteiger partial charge in [0.2, 0.25) is 0 Å². The average Bonchev–Trinajstić information content (AvgIpc) is 2.90. The van der Waals surface area contributed by atoms with E-state index in [0.29, 0.717) is 11.3 Å². The van der Waals surface area contributed by atoms with Crippen molar-refractivity contribution in [2.24, 2.45) is 0 Å². The van der Waals surface area contributed by atoms with Crippen LogP contribution in [0.1, 0.15) is 23.2 Å². The van der Waals surface area contributed by atoms with Crippen molar-refractivity contribution in [2.75, 3.05) is 32.2 Å². The van der Waals surface area contributed by atoms with Crippen molar-refractivity contribution in [2.45, 2.75) is 12.8 Å². The Balaban J connectivity index is 2.50. The van der Waals surface area contributed by atoms with Gasteiger partial charge in [-0.3, -0.25) is 0 Å². The summed E-state index contributed by atoms with van der Waals surface area (Å²) < 4.78 is 11.0. The number of halogens is 1. The first-order valence-corrected chi connectivity index (χ1v) is 6.67. The lowest BCUT2D eigenvalue weighted by molar-refractivity contribution is 0.0597. The molecule has 0 unspecified atom stereocenters. The summed E-state index contributed by atoms with van der Waals surface area (Å²) in [6.45, 7) is 1.99. The molecule has 0 atom stereocenters. The third kappa shape index (κ3) is 2.46. The van der Waals surface area contributed by atoms with E-state index in [2.05, 4.69) is 20.8 Å². The van der Waals surface area contributed by atoms with Crippen molar-refractivity contribution in [3.63, 3.8) is 0 Å². The summed E-state index contributed by atoms with van der Waals surface area (Å²) in [5.74, 6) is 0.209. The molecule has 0 radical (unpaired) electrons. The Morgan fingerprint density at radius 2 is 1.94 bits per heavy atom. The first-order chi connectivity index (χ1) is 8.67. The normalized spacial score (nSPS) is 14.7. The fourth-order valence-electron chi connectivity index (χ4n) is 2.25. The summed E-state index contributed by atoms with van der Waals surface area (Å²) >= 11 is 3.43. The molecule has 0 saturated carbocycles. The number of rotatable bonds is 3. The minimum atomic E-state index is -0.381. The molecule has 18 heavy (non-hydrogen) atoms. The average molecular weight is 314 g/mol. The van der Waals surface area contributed by atoms with Crippen LogP contribution in [0.15, 0.2) is 16.6 Å². The third-order valence-corrected chi connectivity index (χ3v) is 3.55. The Labute approximate surface area is 115 Å². The maximum Gasteiger partial charge on any atom is 0.341 e. The molecule has 1 aromatic rings. The highest BCUT2D eigenvalue weighted by Gasteiger charge is 2.23. The molecule has 0 aromatic heterocycles. The van der Waals surface area contributed by atoms with Gasteiger partial charge in [0, 0.05) is 17.6 Å². The van der Waals surface area contributed by atoms with Crippen LogP contribution >= 0.6 is 15.9 Å². The van der Waals surface area contributed by atoms with E-state index in [9.17, 15) is 4.79 Å². The van der Waals surface area contributed by atoms with Gasteiger partial charge in [0.25, 0.3) is 0 Å². The minimum Gasteiger partial charge on any atom is -0.494 e. The Bertz CT molecular complexity index is 456. The first kappa shape index (κ1) is 13.2. The Morgan fingerprint density at radius 3 is 2.50 bits per heavy atom. The zero-order valence-corrected chi connectivity index (χ0v) is 12.1. The van der Waals surface area contributed by atoms with Gasteiger partial charge in [0.05, 0.1) is 19.9 Å². The van der Waals surface area contributed by atoms with Gasteiger partial charge in [0.15, 0.2) is 5.75 Å². The molecule has 0 amide bonds. The molecule has 0 spiro atoms. The van der Waals surface area contributed by atoms with Crippen LogP contribution in [0.3, 0.4) is 0 Å². The van der Waals surface area contributed by atoms with Crippen LogP contribution in [-0.2, 0) is 4.74 Å². The highest BCUT2D eigenvalue weighted by Crippen LogP contribution is 2.37. The van der Waals surface area contributed by atoms with Crippen molar-refractivity contribution in [1.29, 1.82) is 0 Å². The number of methoxy groups -OCH3 is 2. The van der Waals surface area contributed by atoms with Crippen molar-refractivity contribution >= 4 is 27.6 Å². The highest BCUT2D eigenvalue weighted by molar-refractivity contribution is 9.10. The zero-order chi connectivity index (χ0) is 13.1. The van der Waals surface area contributed by atoms with E-state index in [0.717, 1.165) is 23.2 Å². The van der Waals surface area contributed by atoms with Crippen LogP contribution in [0.4, 0.5) is 5.69 Å². The van der Waals surface area contributed by atoms with Gasteiger partial charge in [-0.05, 0) is 25.0 Å². The smallest absolute Gasteiger partial charge is 0.341 e. The topological polar surface area (TPSA) is 38.8 Å². The first-order valence-electron chi connectivity index (χ1n) is 5.88. The number of benzene rings is 1. The number of carbonyl (C=O) groups is 1. The SMILES string of the molecule is COC(=O)c1cc(Br)cc(N2CCCC2)c1OC. The molecule has 0 bridgehead atoms. The Morgan fingerprint density at radius 1 is 1.28 bits per heavy atom. The van der Waals surface area contributed by atoms with Gasteiger partial charge in [-0.1, -0.05) is 15.9 Å². The second-order valence-corrected chi connectivity index (χ2v) is 5.11. The lowest BCUT2D eigenvalue weighted by Crippen LogP contribution is -2.19.